The second-order valence-electron chi connectivity index (χ2n) is 6.47. The molecule has 1 aromatic heterocycles. The van der Waals surface area contributed by atoms with Gasteiger partial charge in [0.1, 0.15) is 11.6 Å². The molecule has 2 aromatic carbocycles. The lowest BCUT2D eigenvalue weighted by molar-refractivity contribution is 0.0953. The van der Waals surface area contributed by atoms with Gasteiger partial charge in [-0.05, 0) is 54.8 Å². The van der Waals surface area contributed by atoms with Crippen molar-refractivity contribution >= 4 is 11.8 Å². The maximum atomic E-state index is 13.3. The molecule has 1 saturated heterocycles. The summed E-state index contributed by atoms with van der Waals surface area (Å²) in [5, 5.41) is 9.45. The van der Waals surface area contributed by atoms with Crippen molar-refractivity contribution in [2.24, 2.45) is 0 Å². The summed E-state index contributed by atoms with van der Waals surface area (Å²) >= 11 is 1.55. The van der Waals surface area contributed by atoms with E-state index < -0.39 is 0 Å². The molecule has 0 radical (unpaired) electrons. The average Bonchev–Trinajstić information content (AvgIpc) is 3.33. The molecule has 27 heavy (non-hydrogen) atoms. The normalized spacial score (nSPS) is 16.7. The SMILES string of the molecule is Fc1ccc(CSc2nnc(-c3ccc(F)cc3)n2CC2CCCO2)cc1. The number of hydrogen-bond donors (Lipinski definition) is 0. The zero-order valence-electron chi connectivity index (χ0n) is 14.6. The highest BCUT2D eigenvalue weighted by atomic mass is 32.2. The molecule has 0 bridgehead atoms. The quantitative estimate of drug-likeness (QED) is 0.575. The van der Waals surface area contributed by atoms with Gasteiger partial charge in [0, 0.05) is 17.9 Å². The third-order valence-electron chi connectivity index (χ3n) is 4.51. The summed E-state index contributed by atoms with van der Waals surface area (Å²) in [6, 6.07) is 12.7. The molecule has 0 N–H and O–H groups in total. The number of halogens is 2. The molecule has 0 aliphatic carbocycles. The maximum Gasteiger partial charge on any atom is 0.191 e. The molecule has 3 aromatic rings. The van der Waals surface area contributed by atoms with E-state index in [4.69, 9.17) is 4.74 Å². The van der Waals surface area contributed by atoms with E-state index in [1.165, 1.54) is 24.3 Å². The molecule has 2 heterocycles. The molecule has 1 atom stereocenters. The highest BCUT2D eigenvalue weighted by Crippen LogP contribution is 2.28. The van der Waals surface area contributed by atoms with Gasteiger partial charge < -0.3 is 4.74 Å². The molecule has 1 unspecified atom stereocenters. The number of hydrogen-bond acceptors (Lipinski definition) is 4. The van der Waals surface area contributed by atoms with Crippen LogP contribution in [0.1, 0.15) is 18.4 Å². The van der Waals surface area contributed by atoms with Crippen molar-refractivity contribution in [3.05, 3.63) is 65.7 Å². The summed E-state index contributed by atoms with van der Waals surface area (Å²) < 4.78 is 34.2. The molecule has 0 saturated carbocycles. The van der Waals surface area contributed by atoms with Crippen LogP contribution in [-0.4, -0.2) is 27.5 Å². The van der Waals surface area contributed by atoms with Gasteiger partial charge in [-0.15, -0.1) is 10.2 Å². The number of aromatic nitrogens is 3. The second-order valence-corrected chi connectivity index (χ2v) is 7.42. The van der Waals surface area contributed by atoms with Crippen LogP contribution in [0.15, 0.2) is 53.7 Å². The van der Waals surface area contributed by atoms with Gasteiger partial charge in [0.25, 0.3) is 0 Å². The largest absolute Gasteiger partial charge is 0.376 e. The van der Waals surface area contributed by atoms with Crippen LogP contribution in [0.5, 0.6) is 0 Å². The first-order valence-electron chi connectivity index (χ1n) is 8.87. The number of rotatable bonds is 6. The molecule has 1 aliphatic heterocycles. The van der Waals surface area contributed by atoms with E-state index in [2.05, 4.69) is 10.2 Å². The number of nitrogens with zero attached hydrogens (tertiary/aromatic N) is 3. The summed E-state index contributed by atoms with van der Waals surface area (Å²) in [4.78, 5) is 0. The van der Waals surface area contributed by atoms with Gasteiger partial charge in [0.05, 0.1) is 12.6 Å². The number of ether oxygens (including phenoxy) is 1. The van der Waals surface area contributed by atoms with Crippen molar-refractivity contribution in [2.75, 3.05) is 6.61 Å². The van der Waals surface area contributed by atoms with Crippen molar-refractivity contribution in [3.8, 4) is 11.4 Å². The molecular weight excluding hydrogens is 368 g/mol. The molecule has 0 amide bonds. The van der Waals surface area contributed by atoms with Crippen molar-refractivity contribution < 1.29 is 13.5 Å². The van der Waals surface area contributed by atoms with Gasteiger partial charge >= 0.3 is 0 Å². The van der Waals surface area contributed by atoms with Crippen molar-refractivity contribution in [1.82, 2.24) is 14.8 Å². The lowest BCUT2D eigenvalue weighted by Crippen LogP contribution is -2.16. The Morgan fingerprint density at radius 3 is 2.37 bits per heavy atom. The number of benzene rings is 2. The van der Waals surface area contributed by atoms with Gasteiger partial charge in [0.15, 0.2) is 11.0 Å². The fraction of sp³-hybridized carbons (Fsp3) is 0.300. The van der Waals surface area contributed by atoms with Crippen molar-refractivity contribution in [1.29, 1.82) is 0 Å². The van der Waals surface area contributed by atoms with E-state index in [1.54, 1.807) is 36.0 Å². The van der Waals surface area contributed by atoms with E-state index in [0.717, 1.165) is 35.7 Å². The Bertz CT molecular complexity index is 891. The zero-order chi connectivity index (χ0) is 18.6. The summed E-state index contributed by atoms with van der Waals surface area (Å²) in [6.45, 7) is 1.43. The van der Waals surface area contributed by atoms with Crippen LogP contribution in [-0.2, 0) is 17.0 Å². The lowest BCUT2D eigenvalue weighted by atomic mass is 10.2. The minimum absolute atomic E-state index is 0.130. The maximum absolute atomic E-state index is 13.3. The van der Waals surface area contributed by atoms with E-state index >= 15 is 0 Å². The summed E-state index contributed by atoms with van der Waals surface area (Å²) in [6.07, 6.45) is 2.19. The minimum Gasteiger partial charge on any atom is -0.376 e. The van der Waals surface area contributed by atoms with Gasteiger partial charge in [-0.25, -0.2) is 8.78 Å². The van der Waals surface area contributed by atoms with Crippen molar-refractivity contribution in [2.45, 2.75) is 36.4 Å². The second kappa shape index (κ2) is 8.19. The Morgan fingerprint density at radius 2 is 1.70 bits per heavy atom. The molecular formula is C20H19F2N3OS. The smallest absolute Gasteiger partial charge is 0.191 e. The third-order valence-corrected chi connectivity index (χ3v) is 5.55. The Hall–Kier alpha value is -2.25. The molecule has 7 heteroatoms. The lowest BCUT2D eigenvalue weighted by Gasteiger charge is -2.14. The van der Waals surface area contributed by atoms with Crippen LogP contribution in [0.4, 0.5) is 8.78 Å². The van der Waals surface area contributed by atoms with E-state index in [9.17, 15) is 8.78 Å². The first-order valence-corrected chi connectivity index (χ1v) is 9.85. The van der Waals surface area contributed by atoms with Crippen LogP contribution in [0.2, 0.25) is 0 Å². The summed E-state index contributed by atoms with van der Waals surface area (Å²) in [7, 11) is 0. The Kier molecular flexibility index (Phi) is 5.50. The monoisotopic (exact) mass is 387 g/mol. The Labute approximate surface area is 160 Å². The highest BCUT2D eigenvalue weighted by molar-refractivity contribution is 7.98. The van der Waals surface area contributed by atoms with E-state index in [1.807, 2.05) is 4.57 Å². The Balaban J connectivity index is 1.59. The van der Waals surface area contributed by atoms with Crippen LogP contribution in [0.3, 0.4) is 0 Å². The molecule has 0 spiro atoms. The standard InChI is InChI=1S/C20H19F2N3OS/c21-16-7-3-14(4-8-16)13-27-20-24-23-19(15-5-9-17(22)10-6-15)25(20)12-18-2-1-11-26-18/h3-10,18H,1-2,11-13H2. The number of thioether (sulfide) groups is 1. The zero-order valence-corrected chi connectivity index (χ0v) is 15.5. The van der Waals surface area contributed by atoms with Gasteiger partial charge in [-0.2, -0.15) is 0 Å². The Morgan fingerprint density at radius 1 is 1.00 bits per heavy atom. The minimum atomic E-state index is -0.283. The molecule has 1 fully saturated rings. The van der Waals surface area contributed by atoms with Crippen LogP contribution in [0.25, 0.3) is 11.4 Å². The van der Waals surface area contributed by atoms with Gasteiger partial charge in [-0.3, -0.25) is 4.57 Å². The van der Waals surface area contributed by atoms with E-state index in [0.29, 0.717) is 18.1 Å². The first-order chi connectivity index (χ1) is 13.2. The molecule has 1 aliphatic rings. The van der Waals surface area contributed by atoms with Crippen LogP contribution < -0.4 is 0 Å². The predicted octanol–water partition coefficient (Wildman–Crippen LogP) is 4.69. The predicted molar refractivity (Wildman–Crippen MR) is 100 cm³/mol. The van der Waals surface area contributed by atoms with E-state index in [-0.39, 0.29) is 17.7 Å². The fourth-order valence-corrected chi connectivity index (χ4v) is 4.00. The van der Waals surface area contributed by atoms with Gasteiger partial charge in [0.2, 0.25) is 0 Å². The summed E-state index contributed by atoms with van der Waals surface area (Å²) in [5.41, 5.74) is 1.83. The first kappa shape index (κ1) is 18.1. The molecule has 4 rings (SSSR count). The van der Waals surface area contributed by atoms with Crippen LogP contribution in [0, 0.1) is 11.6 Å². The van der Waals surface area contributed by atoms with Crippen LogP contribution >= 0.6 is 11.8 Å². The molecule has 4 nitrogen and oxygen atoms in total. The fourth-order valence-electron chi connectivity index (χ4n) is 3.09. The highest BCUT2D eigenvalue weighted by Gasteiger charge is 2.21. The van der Waals surface area contributed by atoms with Gasteiger partial charge in [-0.1, -0.05) is 23.9 Å². The third kappa shape index (κ3) is 4.36. The molecule has 140 valence electrons. The topological polar surface area (TPSA) is 39.9 Å². The average molecular weight is 387 g/mol. The summed E-state index contributed by atoms with van der Waals surface area (Å²) in [5.74, 6) is 0.832. The van der Waals surface area contributed by atoms with Crippen molar-refractivity contribution in [3.63, 3.8) is 0 Å².